The van der Waals surface area contributed by atoms with Crippen molar-refractivity contribution in [1.82, 2.24) is 10.2 Å². The molecule has 6 heteroatoms. The van der Waals surface area contributed by atoms with E-state index in [1.165, 1.54) is 0 Å². The molecule has 2 amide bonds. The number of ether oxygens (including phenoxy) is 2. The molecule has 1 N–H and O–H groups in total. The zero-order valence-corrected chi connectivity index (χ0v) is 17.2. The van der Waals surface area contributed by atoms with Crippen molar-refractivity contribution in [3.05, 3.63) is 65.2 Å². The molecule has 2 aromatic carbocycles. The van der Waals surface area contributed by atoms with E-state index in [1.807, 2.05) is 55.5 Å². The average molecular weight is 396 g/mol. The summed E-state index contributed by atoms with van der Waals surface area (Å²) in [4.78, 5) is 27.4. The maximum absolute atomic E-state index is 13.1. The number of amides is 2. The molecule has 0 saturated carbocycles. The van der Waals surface area contributed by atoms with Gasteiger partial charge in [0, 0.05) is 26.6 Å². The van der Waals surface area contributed by atoms with Crippen molar-refractivity contribution < 1.29 is 19.1 Å². The van der Waals surface area contributed by atoms with E-state index in [0.29, 0.717) is 19.7 Å². The quantitative estimate of drug-likeness (QED) is 0.745. The van der Waals surface area contributed by atoms with Gasteiger partial charge in [0.05, 0.1) is 25.7 Å². The van der Waals surface area contributed by atoms with Crippen molar-refractivity contribution in [1.29, 1.82) is 0 Å². The molecular formula is C23H28N2O4. The predicted octanol–water partition coefficient (Wildman–Crippen LogP) is 3.07. The van der Waals surface area contributed by atoms with Gasteiger partial charge < -0.3 is 19.7 Å². The number of methoxy groups -OCH3 is 2. The molecule has 1 heterocycles. The molecule has 0 aromatic heterocycles. The van der Waals surface area contributed by atoms with E-state index in [9.17, 15) is 9.59 Å². The minimum absolute atomic E-state index is 0.00764. The first-order chi connectivity index (χ1) is 14.1. The summed E-state index contributed by atoms with van der Waals surface area (Å²) in [6.07, 6.45) is 0.218. The zero-order chi connectivity index (χ0) is 20.8. The number of nitrogens with one attached hydrogen (secondary N) is 1. The second-order valence-electron chi connectivity index (χ2n) is 7.13. The van der Waals surface area contributed by atoms with Crippen LogP contribution in [-0.2, 0) is 27.5 Å². The number of carbonyl (C=O) groups excluding carboxylic acids is 2. The molecular weight excluding hydrogens is 368 g/mol. The molecule has 0 spiro atoms. The smallest absolute Gasteiger partial charge is 0.226 e. The first-order valence-corrected chi connectivity index (χ1v) is 9.85. The van der Waals surface area contributed by atoms with Gasteiger partial charge in [-0.3, -0.25) is 9.59 Å². The molecule has 1 aliphatic rings. The highest BCUT2D eigenvalue weighted by molar-refractivity contribution is 5.90. The van der Waals surface area contributed by atoms with Gasteiger partial charge in [0.2, 0.25) is 11.8 Å². The number of hydrogen-bond acceptors (Lipinski definition) is 4. The zero-order valence-electron chi connectivity index (χ0n) is 17.2. The summed E-state index contributed by atoms with van der Waals surface area (Å²) in [7, 11) is 3.27. The molecule has 0 aliphatic carbocycles. The van der Waals surface area contributed by atoms with Crippen molar-refractivity contribution in [2.45, 2.75) is 32.5 Å². The van der Waals surface area contributed by atoms with Gasteiger partial charge in [-0.25, -0.2) is 0 Å². The molecule has 154 valence electrons. The van der Waals surface area contributed by atoms with Crippen LogP contribution in [0.5, 0.6) is 5.75 Å². The summed E-state index contributed by atoms with van der Waals surface area (Å²) in [5.74, 6) is 0.220. The van der Waals surface area contributed by atoms with Crippen molar-refractivity contribution in [3.63, 3.8) is 0 Å². The number of carbonyl (C=O) groups is 2. The molecule has 3 rings (SSSR count). The van der Waals surface area contributed by atoms with Crippen LogP contribution in [0.15, 0.2) is 48.5 Å². The van der Waals surface area contributed by atoms with E-state index in [2.05, 4.69) is 5.32 Å². The van der Waals surface area contributed by atoms with Crippen molar-refractivity contribution in [3.8, 4) is 5.75 Å². The van der Waals surface area contributed by atoms with Crippen LogP contribution < -0.4 is 10.1 Å². The van der Waals surface area contributed by atoms with Crippen LogP contribution in [-0.4, -0.2) is 37.5 Å². The van der Waals surface area contributed by atoms with Crippen LogP contribution in [0.4, 0.5) is 0 Å². The van der Waals surface area contributed by atoms with Crippen LogP contribution in [0.2, 0.25) is 0 Å². The molecule has 0 unspecified atom stereocenters. The van der Waals surface area contributed by atoms with Gasteiger partial charge in [-0.1, -0.05) is 36.4 Å². The number of likely N-dealkylation sites (tertiary alicyclic amines) is 1. The average Bonchev–Trinajstić information content (AvgIpc) is 3.09. The van der Waals surface area contributed by atoms with E-state index in [0.717, 1.165) is 22.4 Å². The lowest BCUT2D eigenvalue weighted by molar-refractivity contribution is -0.129. The Bertz CT molecular complexity index is 850. The summed E-state index contributed by atoms with van der Waals surface area (Å²) >= 11 is 0. The van der Waals surface area contributed by atoms with Crippen molar-refractivity contribution in [2.75, 3.05) is 20.8 Å². The van der Waals surface area contributed by atoms with Crippen LogP contribution in [0.3, 0.4) is 0 Å². The standard InChI is InChI=1S/C23H28N2O4/c1-4-25-21(26)13-20(22(25)16-9-11-19(29-3)12-10-16)23(27)24-14-17-7-5-6-8-18(17)15-28-2/h5-12,20,22H,4,13-15H2,1-3H3,(H,24,27)/t20-,22+/m1/s1. The van der Waals surface area contributed by atoms with Gasteiger partial charge in [0.15, 0.2) is 0 Å². The van der Waals surface area contributed by atoms with Gasteiger partial charge in [-0.2, -0.15) is 0 Å². The maximum atomic E-state index is 13.1. The normalized spacial score (nSPS) is 18.7. The number of hydrogen-bond donors (Lipinski definition) is 1. The van der Waals surface area contributed by atoms with Gasteiger partial charge in [0.1, 0.15) is 5.75 Å². The monoisotopic (exact) mass is 396 g/mol. The molecule has 1 saturated heterocycles. The van der Waals surface area contributed by atoms with Gasteiger partial charge in [-0.05, 0) is 35.7 Å². The minimum Gasteiger partial charge on any atom is -0.497 e. The second-order valence-corrected chi connectivity index (χ2v) is 7.13. The Morgan fingerprint density at radius 1 is 1.10 bits per heavy atom. The Morgan fingerprint density at radius 2 is 1.79 bits per heavy atom. The lowest BCUT2D eigenvalue weighted by atomic mass is 9.92. The summed E-state index contributed by atoms with van der Waals surface area (Å²) in [5, 5.41) is 3.03. The molecule has 0 bridgehead atoms. The number of benzene rings is 2. The molecule has 2 aromatic rings. The third-order valence-corrected chi connectivity index (χ3v) is 5.44. The fraction of sp³-hybridized carbons (Fsp3) is 0.391. The predicted molar refractivity (Wildman–Crippen MR) is 110 cm³/mol. The van der Waals surface area contributed by atoms with E-state index < -0.39 is 5.92 Å². The highest BCUT2D eigenvalue weighted by Crippen LogP contribution is 2.38. The number of nitrogens with zero attached hydrogens (tertiary/aromatic N) is 1. The van der Waals surface area contributed by atoms with E-state index in [1.54, 1.807) is 19.1 Å². The van der Waals surface area contributed by atoms with Gasteiger partial charge in [0.25, 0.3) is 0 Å². The van der Waals surface area contributed by atoms with Crippen molar-refractivity contribution in [2.24, 2.45) is 5.92 Å². The van der Waals surface area contributed by atoms with E-state index in [-0.39, 0.29) is 24.3 Å². The van der Waals surface area contributed by atoms with Crippen LogP contribution in [0.1, 0.15) is 36.1 Å². The Labute approximate surface area is 171 Å². The van der Waals surface area contributed by atoms with Gasteiger partial charge in [-0.15, -0.1) is 0 Å². The molecule has 1 aliphatic heterocycles. The lowest BCUT2D eigenvalue weighted by Crippen LogP contribution is -2.35. The molecule has 29 heavy (non-hydrogen) atoms. The first-order valence-electron chi connectivity index (χ1n) is 9.85. The van der Waals surface area contributed by atoms with Crippen molar-refractivity contribution >= 4 is 11.8 Å². The Hall–Kier alpha value is -2.86. The highest BCUT2D eigenvalue weighted by Gasteiger charge is 2.43. The summed E-state index contributed by atoms with van der Waals surface area (Å²) in [6, 6.07) is 15.2. The SMILES string of the molecule is CCN1C(=O)C[C@@H](C(=O)NCc2ccccc2COC)[C@@H]1c1ccc(OC)cc1. The van der Waals surface area contributed by atoms with Gasteiger partial charge >= 0.3 is 0 Å². The molecule has 1 fully saturated rings. The fourth-order valence-electron chi connectivity index (χ4n) is 3.95. The largest absolute Gasteiger partial charge is 0.497 e. The molecule has 2 atom stereocenters. The summed E-state index contributed by atoms with van der Waals surface area (Å²) in [5.41, 5.74) is 3.00. The third-order valence-electron chi connectivity index (χ3n) is 5.44. The van der Waals surface area contributed by atoms with Crippen LogP contribution in [0, 0.1) is 5.92 Å². The maximum Gasteiger partial charge on any atom is 0.226 e. The molecule has 0 radical (unpaired) electrons. The summed E-state index contributed by atoms with van der Waals surface area (Å²) in [6.45, 7) is 3.41. The van der Waals surface area contributed by atoms with Crippen LogP contribution in [0.25, 0.3) is 0 Å². The third kappa shape index (κ3) is 4.59. The van der Waals surface area contributed by atoms with E-state index in [4.69, 9.17) is 9.47 Å². The fourth-order valence-corrected chi connectivity index (χ4v) is 3.95. The summed E-state index contributed by atoms with van der Waals surface area (Å²) < 4.78 is 10.5. The minimum atomic E-state index is -0.426. The first kappa shape index (κ1) is 20.9. The highest BCUT2D eigenvalue weighted by atomic mass is 16.5. The Balaban J connectivity index is 1.77. The van der Waals surface area contributed by atoms with E-state index >= 15 is 0 Å². The second kappa shape index (κ2) is 9.56. The Morgan fingerprint density at radius 3 is 2.41 bits per heavy atom. The number of rotatable bonds is 8. The van der Waals surface area contributed by atoms with Crippen LogP contribution >= 0.6 is 0 Å². The molecule has 6 nitrogen and oxygen atoms in total. The topological polar surface area (TPSA) is 67.9 Å². The Kier molecular flexibility index (Phi) is 6.88. The lowest BCUT2D eigenvalue weighted by Gasteiger charge is -2.27.